The Kier molecular flexibility index (Phi) is 5.40. The summed E-state index contributed by atoms with van der Waals surface area (Å²) in [5.74, 6) is -0.961. The minimum atomic E-state index is -2.78. The normalized spacial score (nSPS) is 11.5. The van der Waals surface area contributed by atoms with Gasteiger partial charge >= 0.3 is 0 Å². The van der Waals surface area contributed by atoms with E-state index in [-0.39, 0.29) is 17.3 Å². The van der Waals surface area contributed by atoms with Gasteiger partial charge in [-0.2, -0.15) is 14.6 Å². The van der Waals surface area contributed by atoms with Crippen molar-refractivity contribution >= 4 is 29.0 Å². The van der Waals surface area contributed by atoms with Crippen LogP contribution >= 0.6 is 11.6 Å². The van der Waals surface area contributed by atoms with E-state index in [9.17, 15) is 13.6 Å². The second kappa shape index (κ2) is 8.03. The summed E-state index contributed by atoms with van der Waals surface area (Å²) in [6, 6.07) is 8.59. The standard InChI is InChI=1S/C20H18ClF2N7O/c1-10-8-15(17(22)23)30-20(24-10)26-18(28-30)19(31)25-16-11(2)27-29(12(16)3)9-13-4-6-14(21)7-5-13/h4-8,17H,9H2,1-3H3,(H,25,31). The molecule has 0 saturated carbocycles. The van der Waals surface area contributed by atoms with E-state index in [4.69, 9.17) is 11.6 Å². The Hall–Kier alpha value is -3.40. The number of carbonyl (C=O) groups excluding carboxylic acids is 1. The molecule has 0 aliphatic heterocycles. The van der Waals surface area contributed by atoms with Crippen LogP contribution in [-0.2, 0) is 6.54 Å². The van der Waals surface area contributed by atoms with Crippen molar-refractivity contribution in [1.82, 2.24) is 29.4 Å². The maximum Gasteiger partial charge on any atom is 0.295 e. The van der Waals surface area contributed by atoms with Crippen LogP contribution in [0.5, 0.6) is 0 Å². The predicted octanol–water partition coefficient (Wildman–Crippen LogP) is 4.14. The summed E-state index contributed by atoms with van der Waals surface area (Å²) < 4.78 is 29.3. The zero-order chi connectivity index (χ0) is 22.3. The number of halogens is 3. The number of benzene rings is 1. The zero-order valence-electron chi connectivity index (χ0n) is 16.9. The predicted molar refractivity (Wildman–Crippen MR) is 111 cm³/mol. The number of hydrogen-bond donors (Lipinski definition) is 1. The van der Waals surface area contributed by atoms with Gasteiger partial charge in [0.15, 0.2) is 0 Å². The lowest BCUT2D eigenvalue weighted by molar-refractivity contribution is 0.101. The van der Waals surface area contributed by atoms with Crippen molar-refractivity contribution in [3.8, 4) is 0 Å². The number of alkyl halides is 2. The monoisotopic (exact) mass is 445 g/mol. The first-order valence-corrected chi connectivity index (χ1v) is 9.73. The van der Waals surface area contributed by atoms with Crippen LogP contribution in [-0.4, -0.2) is 35.3 Å². The highest BCUT2D eigenvalue weighted by molar-refractivity contribution is 6.30. The lowest BCUT2D eigenvalue weighted by Crippen LogP contribution is -2.15. The average Bonchev–Trinajstić information content (AvgIpc) is 3.25. The molecule has 0 spiro atoms. The molecule has 0 radical (unpaired) electrons. The quantitative estimate of drug-likeness (QED) is 0.498. The van der Waals surface area contributed by atoms with Crippen molar-refractivity contribution < 1.29 is 13.6 Å². The maximum atomic E-state index is 13.3. The van der Waals surface area contributed by atoms with E-state index in [1.807, 2.05) is 19.1 Å². The molecule has 4 rings (SSSR count). The summed E-state index contributed by atoms with van der Waals surface area (Å²) in [6.45, 7) is 5.65. The van der Waals surface area contributed by atoms with E-state index in [1.165, 1.54) is 6.07 Å². The summed E-state index contributed by atoms with van der Waals surface area (Å²) in [4.78, 5) is 20.8. The summed E-state index contributed by atoms with van der Waals surface area (Å²) >= 11 is 5.93. The largest absolute Gasteiger partial charge is 0.316 e. The van der Waals surface area contributed by atoms with Gasteiger partial charge < -0.3 is 5.32 Å². The van der Waals surface area contributed by atoms with Gasteiger partial charge in [-0.05, 0) is 44.5 Å². The molecule has 0 aliphatic rings. The summed E-state index contributed by atoms with van der Waals surface area (Å²) in [7, 11) is 0. The summed E-state index contributed by atoms with van der Waals surface area (Å²) in [5.41, 5.74) is 2.82. The minimum absolute atomic E-state index is 0.0627. The molecule has 0 atom stereocenters. The van der Waals surface area contributed by atoms with Gasteiger partial charge in [0.1, 0.15) is 5.69 Å². The van der Waals surface area contributed by atoms with Crippen LogP contribution in [0, 0.1) is 20.8 Å². The Morgan fingerprint density at radius 1 is 1.13 bits per heavy atom. The van der Waals surface area contributed by atoms with Gasteiger partial charge in [0, 0.05) is 10.7 Å². The zero-order valence-corrected chi connectivity index (χ0v) is 17.7. The molecule has 0 aliphatic carbocycles. The van der Waals surface area contributed by atoms with Crippen LogP contribution in [0.4, 0.5) is 14.5 Å². The van der Waals surface area contributed by atoms with Gasteiger partial charge in [-0.1, -0.05) is 23.7 Å². The van der Waals surface area contributed by atoms with E-state index in [1.54, 1.807) is 30.7 Å². The number of aromatic nitrogens is 6. The highest BCUT2D eigenvalue weighted by Gasteiger charge is 2.22. The molecule has 1 amide bonds. The minimum Gasteiger partial charge on any atom is -0.316 e. The average molecular weight is 446 g/mol. The first kappa shape index (κ1) is 20.9. The van der Waals surface area contributed by atoms with Gasteiger partial charge in [-0.15, -0.1) is 5.10 Å². The molecule has 0 fully saturated rings. The van der Waals surface area contributed by atoms with E-state index >= 15 is 0 Å². The highest BCUT2D eigenvalue weighted by atomic mass is 35.5. The molecule has 1 aromatic carbocycles. The molecule has 4 aromatic rings. The fourth-order valence-electron chi connectivity index (χ4n) is 3.23. The topological polar surface area (TPSA) is 90.0 Å². The summed E-state index contributed by atoms with van der Waals surface area (Å²) in [5, 5.41) is 11.8. The van der Waals surface area contributed by atoms with E-state index in [0.29, 0.717) is 28.6 Å². The number of rotatable bonds is 5. The third-order valence-electron chi connectivity index (χ3n) is 4.76. The van der Waals surface area contributed by atoms with Crippen molar-refractivity contribution in [2.24, 2.45) is 0 Å². The summed E-state index contributed by atoms with van der Waals surface area (Å²) in [6.07, 6.45) is -2.78. The fraction of sp³-hybridized carbons (Fsp3) is 0.250. The number of hydrogen-bond acceptors (Lipinski definition) is 5. The van der Waals surface area contributed by atoms with Crippen molar-refractivity contribution in [2.45, 2.75) is 33.7 Å². The van der Waals surface area contributed by atoms with Crippen LogP contribution in [0.15, 0.2) is 30.3 Å². The Balaban J connectivity index is 1.61. The number of anilines is 1. The third-order valence-corrected chi connectivity index (χ3v) is 5.01. The van der Waals surface area contributed by atoms with Gasteiger partial charge in [-0.25, -0.2) is 13.8 Å². The Morgan fingerprint density at radius 2 is 1.84 bits per heavy atom. The molecule has 11 heteroatoms. The Bertz CT molecular complexity index is 1280. The van der Waals surface area contributed by atoms with Crippen molar-refractivity contribution in [3.63, 3.8) is 0 Å². The molecular formula is C20H18ClF2N7O. The van der Waals surface area contributed by atoms with Crippen molar-refractivity contribution in [2.75, 3.05) is 5.32 Å². The molecule has 0 unspecified atom stereocenters. The van der Waals surface area contributed by atoms with Crippen molar-refractivity contribution in [1.29, 1.82) is 0 Å². The Labute approximate surface area is 180 Å². The number of carbonyl (C=O) groups is 1. The van der Waals surface area contributed by atoms with E-state index in [0.717, 1.165) is 15.8 Å². The number of nitrogens with zero attached hydrogens (tertiary/aromatic N) is 6. The molecule has 160 valence electrons. The third kappa shape index (κ3) is 4.11. The smallest absolute Gasteiger partial charge is 0.295 e. The van der Waals surface area contributed by atoms with Gasteiger partial charge in [0.05, 0.1) is 23.6 Å². The SMILES string of the molecule is Cc1cc(C(F)F)n2nc(C(=O)Nc3c(C)nn(Cc4ccc(Cl)cc4)c3C)nc2n1. The molecule has 31 heavy (non-hydrogen) atoms. The van der Waals surface area contributed by atoms with Crippen LogP contribution < -0.4 is 5.32 Å². The van der Waals surface area contributed by atoms with Gasteiger partial charge in [0.25, 0.3) is 18.1 Å². The van der Waals surface area contributed by atoms with Gasteiger partial charge in [-0.3, -0.25) is 9.48 Å². The maximum absolute atomic E-state index is 13.3. The lowest BCUT2D eigenvalue weighted by atomic mass is 10.2. The van der Waals surface area contributed by atoms with Gasteiger partial charge in [0.2, 0.25) is 5.82 Å². The molecule has 1 N–H and O–H groups in total. The molecular weight excluding hydrogens is 428 g/mol. The fourth-order valence-corrected chi connectivity index (χ4v) is 3.36. The second-order valence-electron chi connectivity index (χ2n) is 7.05. The number of nitrogens with one attached hydrogen (secondary N) is 1. The number of fused-ring (bicyclic) bond motifs is 1. The number of amides is 1. The molecule has 3 aromatic heterocycles. The van der Waals surface area contributed by atoms with E-state index < -0.39 is 12.3 Å². The lowest BCUT2D eigenvalue weighted by Gasteiger charge is -2.06. The first-order chi connectivity index (χ1) is 14.7. The van der Waals surface area contributed by atoms with Crippen molar-refractivity contribution in [3.05, 3.63) is 69.5 Å². The van der Waals surface area contributed by atoms with Crippen LogP contribution in [0.1, 0.15) is 45.4 Å². The molecule has 0 bridgehead atoms. The number of aryl methyl sites for hydroxylation is 2. The first-order valence-electron chi connectivity index (χ1n) is 9.35. The van der Waals surface area contributed by atoms with Crippen LogP contribution in [0.2, 0.25) is 5.02 Å². The Morgan fingerprint density at radius 3 is 2.52 bits per heavy atom. The molecule has 8 nitrogen and oxygen atoms in total. The second-order valence-corrected chi connectivity index (χ2v) is 7.49. The van der Waals surface area contributed by atoms with Crippen LogP contribution in [0.3, 0.4) is 0 Å². The van der Waals surface area contributed by atoms with E-state index in [2.05, 4.69) is 25.5 Å². The molecule has 0 saturated heterocycles. The highest BCUT2D eigenvalue weighted by Crippen LogP contribution is 2.23. The van der Waals surface area contributed by atoms with Crippen LogP contribution in [0.25, 0.3) is 5.78 Å². The molecule has 3 heterocycles.